The van der Waals surface area contributed by atoms with Crippen molar-refractivity contribution in [2.24, 2.45) is 0 Å². The Hall–Kier alpha value is -3.87. The van der Waals surface area contributed by atoms with Crippen molar-refractivity contribution < 1.29 is 14.0 Å². The quantitative estimate of drug-likeness (QED) is 0.562. The lowest BCUT2D eigenvalue weighted by atomic mass is 10.2. The topological polar surface area (TPSA) is 88.6 Å². The number of pyridine rings is 1. The molecule has 140 valence electrons. The molecule has 0 unspecified atom stereocenters. The Morgan fingerprint density at radius 1 is 1.00 bits per heavy atom. The van der Waals surface area contributed by atoms with Crippen LogP contribution in [0.2, 0.25) is 0 Å². The van der Waals surface area contributed by atoms with Crippen molar-refractivity contribution in [2.45, 2.75) is 6.54 Å². The molecular formula is C21H18N4O3. The molecule has 0 saturated carbocycles. The van der Waals surface area contributed by atoms with Crippen LogP contribution in [0.25, 0.3) is 16.9 Å². The minimum Gasteiger partial charge on any atom is -0.454 e. The number of carbonyl (C=O) groups excluding carboxylic acids is 2. The fourth-order valence-corrected chi connectivity index (χ4v) is 2.86. The maximum absolute atomic E-state index is 12.5. The number of benzene rings is 1. The fraction of sp³-hybridized carbons (Fsp3) is 0.0952. The first kappa shape index (κ1) is 17.5. The average molecular weight is 374 g/mol. The van der Waals surface area contributed by atoms with Gasteiger partial charge in [-0.05, 0) is 24.3 Å². The lowest BCUT2D eigenvalue weighted by Crippen LogP contribution is -2.23. The number of hydrogen-bond acceptors (Lipinski definition) is 4. The van der Waals surface area contributed by atoms with Crippen LogP contribution in [0.4, 0.5) is 0 Å². The smallest absolute Gasteiger partial charge is 0.286 e. The predicted molar refractivity (Wildman–Crippen MR) is 104 cm³/mol. The van der Waals surface area contributed by atoms with Crippen molar-refractivity contribution in [3.63, 3.8) is 0 Å². The summed E-state index contributed by atoms with van der Waals surface area (Å²) in [6, 6.07) is 16.6. The van der Waals surface area contributed by atoms with Crippen LogP contribution in [0, 0.1) is 0 Å². The molecule has 7 heteroatoms. The molecule has 1 aromatic carbocycles. The first-order chi connectivity index (χ1) is 13.6. The van der Waals surface area contributed by atoms with Crippen LogP contribution < -0.4 is 10.6 Å². The number of nitrogens with one attached hydrogen (secondary N) is 2. The van der Waals surface area contributed by atoms with Crippen LogP contribution in [-0.2, 0) is 6.54 Å². The number of nitrogens with zero attached hydrogens (tertiary/aromatic N) is 2. The highest BCUT2D eigenvalue weighted by atomic mass is 16.4. The summed E-state index contributed by atoms with van der Waals surface area (Å²) >= 11 is 0. The first-order valence-electron chi connectivity index (χ1n) is 8.77. The summed E-state index contributed by atoms with van der Waals surface area (Å²) in [5.74, 6) is 0.161. The van der Waals surface area contributed by atoms with Gasteiger partial charge >= 0.3 is 0 Å². The Morgan fingerprint density at radius 3 is 2.61 bits per heavy atom. The second-order valence-electron chi connectivity index (χ2n) is 6.20. The number of rotatable bonds is 5. The minimum atomic E-state index is -0.308. The summed E-state index contributed by atoms with van der Waals surface area (Å²) in [7, 11) is 1.53. The zero-order chi connectivity index (χ0) is 19.5. The van der Waals surface area contributed by atoms with Crippen LogP contribution >= 0.6 is 0 Å². The van der Waals surface area contributed by atoms with Crippen molar-refractivity contribution in [1.82, 2.24) is 20.0 Å². The van der Waals surface area contributed by atoms with E-state index in [4.69, 9.17) is 4.42 Å². The van der Waals surface area contributed by atoms with E-state index < -0.39 is 0 Å². The fourth-order valence-electron chi connectivity index (χ4n) is 2.86. The van der Waals surface area contributed by atoms with Gasteiger partial charge in [-0.1, -0.05) is 30.3 Å². The monoisotopic (exact) mass is 374 g/mol. The first-order valence-corrected chi connectivity index (χ1v) is 8.77. The van der Waals surface area contributed by atoms with Crippen molar-refractivity contribution >= 4 is 17.5 Å². The Morgan fingerprint density at radius 2 is 1.82 bits per heavy atom. The third kappa shape index (κ3) is 3.50. The molecule has 0 aliphatic carbocycles. The van der Waals surface area contributed by atoms with E-state index in [0.717, 1.165) is 16.9 Å². The van der Waals surface area contributed by atoms with E-state index in [1.807, 2.05) is 40.9 Å². The van der Waals surface area contributed by atoms with Crippen LogP contribution in [0.3, 0.4) is 0 Å². The zero-order valence-electron chi connectivity index (χ0n) is 15.2. The normalized spacial score (nSPS) is 10.8. The molecule has 0 fully saturated rings. The largest absolute Gasteiger partial charge is 0.454 e. The van der Waals surface area contributed by atoms with E-state index >= 15 is 0 Å². The Bertz CT molecular complexity index is 1140. The van der Waals surface area contributed by atoms with E-state index in [1.54, 1.807) is 30.5 Å². The Labute approximate surface area is 161 Å². The van der Waals surface area contributed by atoms with E-state index in [1.165, 1.54) is 7.05 Å². The van der Waals surface area contributed by atoms with Gasteiger partial charge in [0.2, 0.25) is 0 Å². The number of carbonyl (C=O) groups is 2. The van der Waals surface area contributed by atoms with Gasteiger partial charge in [0.15, 0.2) is 5.76 Å². The minimum absolute atomic E-state index is 0.188. The second-order valence-corrected chi connectivity index (χ2v) is 6.20. The highest BCUT2D eigenvalue weighted by Crippen LogP contribution is 2.19. The molecule has 7 nitrogen and oxygen atoms in total. The van der Waals surface area contributed by atoms with Gasteiger partial charge in [-0.25, -0.2) is 4.98 Å². The number of hydrogen-bond donors (Lipinski definition) is 2. The van der Waals surface area contributed by atoms with Crippen LogP contribution in [0.1, 0.15) is 26.7 Å². The van der Waals surface area contributed by atoms with Gasteiger partial charge in [0, 0.05) is 25.0 Å². The molecule has 2 amide bonds. The molecule has 0 spiro atoms. The summed E-state index contributed by atoms with van der Waals surface area (Å²) < 4.78 is 7.23. The predicted octanol–water partition coefficient (Wildman–Crippen LogP) is 2.88. The number of imidazole rings is 1. The third-order valence-corrected chi connectivity index (χ3v) is 4.32. The lowest BCUT2D eigenvalue weighted by Gasteiger charge is -2.04. The summed E-state index contributed by atoms with van der Waals surface area (Å²) in [5.41, 5.74) is 3.12. The number of fused-ring (bicyclic) bond motifs is 1. The highest BCUT2D eigenvalue weighted by Gasteiger charge is 2.12. The van der Waals surface area contributed by atoms with Crippen LogP contribution in [0.15, 0.2) is 71.4 Å². The van der Waals surface area contributed by atoms with Gasteiger partial charge in [0.25, 0.3) is 11.8 Å². The molecule has 4 rings (SSSR count). The standard InChI is InChI=1S/C21H18N4O3/c1-22-21(27)18-9-8-16(28-18)11-23-20(26)15-7-10-19-24-17(13-25(19)12-15)14-5-3-2-4-6-14/h2-10,12-13H,11H2,1H3,(H,22,27)(H,23,26). The molecule has 3 heterocycles. The van der Waals surface area contributed by atoms with E-state index in [-0.39, 0.29) is 24.1 Å². The SMILES string of the molecule is CNC(=O)c1ccc(CNC(=O)c2ccc3nc(-c4ccccc4)cn3c2)o1. The third-order valence-electron chi connectivity index (χ3n) is 4.32. The van der Waals surface area contributed by atoms with Crippen molar-refractivity contribution in [1.29, 1.82) is 0 Å². The van der Waals surface area contributed by atoms with E-state index in [9.17, 15) is 9.59 Å². The maximum Gasteiger partial charge on any atom is 0.286 e. The molecule has 0 saturated heterocycles. The maximum atomic E-state index is 12.5. The summed E-state index contributed by atoms with van der Waals surface area (Å²) in [6.07, 6.45) is 3.63. The molecule has 0 aliphatic rings. The number of amides is 2. The molecule has 3 aromatic heterocycles. The van der Waals surface area contributed by atoms with Crippen molar-refractivity contribution in [2.75, 3.05) is 7.05 Å². The van der Waals surface area contributed by atoms with Crippen molar-refractivity contribution in [3.05, 3.63) is 84.1 Å². The highest BCUT2D eigenvalue weighted by molar-refractivity contribution is 5.94. The van der Waals surface area contributed by atoms with Crippen LogP contribution in [0.5, 0.6) is 0 Å². The van der Waals surface area contributed by atoms with Gasteiger partial charge in [-0.2, -0.15) is 0 Å². The van der Waals surface area contributed by atoms with Gasteiger partial charge in [-0.15, -0.1) is 0 Å². The summed E-state index contributed by atoms with van der Waals surface area (Å²) in [5, 5.41) is 5.28. The molecule has 2 N–H and O–H groups in total. The molecule has 0 aliphatic heterocycles. The summed E-state index contributed by atoms with van der Waals surface area (Å²) in [6.45, 7) is 0.188. The average Bonchev–Trinajstić information content (AvgIpc) is 3.38. The van der Waals surface area contributed by atoms with Crippen LogP contribution in [-0.4, -0.2) is 28.2 Å². The van der Waals surface area contributed by atoms with Gasteiger partial charge in [0.05, 0.1) is 17.8 Å². The van der Waals surface area contributed by atoms with Gasteiger partial charge in [0.1, 0.15) is 11.4 Å². The van der Waals surface area contributed by atoms with Gasteiger partial charge < -0.3 is 19.5 Å². The van der Waals surface area contributed by atoms with E-state index in [2.05, 4.69) is 15.6 Å². The summed E-state index contributed by atoms with van der Waals surface area (Å²) in [4.78, 5) is 28.6. The molecule has 0 bridgehead atoms. The lowest BCUT2D eigenvalue weighted by molar-refractivity contribution is 0.0933. The van der Waals surface area contributed by atoms with Crippen molar-refractivity contribution in [3.8, 4) is 11.3 Å². The van der Waals surface area contributed by atoms with Gasteiger partial charge in [-0.3, -0.25) is 9.59 Å². The zero-order valence-corrected chi connectivity index (χ0v) is 15.2. The molecule has 28 heavy (non-hydrogen) atoms. The molecule has 0 radical (unpaired) electrons. The molecule has 0 atom stereocenters. The molecule has 4 aromatic rings. The van der Waals surface area contributed by atoms with E-state index in [0.29, 0.717) is 11.3 Å². The Balaban J connectivity index is 1.48. The Kier molecular flexibility index (Phi) is 4.63. The number of aromatic nitrogens is 2. The molecular weight excluding hydrogens is 356 g/mol. The second kappa shape index (κ2) is 7.40. The number of furan rings is 1.